The van der Waals surface area contributed by atoms with Gasteiger partial charge in [-0.05, 0) is 25.3 Å². The highest BCUT2D eigenvalue weighted by Gasteiger charge is 2.26. The van der Waals surface area contributed by atoms with Crippen molar-refractivity contribution in [1.29, 1.82) is 0 Å². The number of halogens is 1. The molecule has 1 saturated carbocycles. The second-order valence-corrected chi connectivity index (χ2v) is 4.77. The summed E-state index contributed by atoms with van der Waals surface area (Å²) in [6, 6.07) is 8.63. The second kappa shape index (κ2) is 4.62. The van der Waals surface area contributed by atoms with E-state index >= 15 is 0 Å². The highest BCUT2D eigenvalue weighted by atomic mass is 127. The third-order valence-corrected chi connectivity index (χ3v) is 3.24. The molecule has 1 aliphatic carbocycles. The molecule has 1 unspecified atom stereocenters. The average molecular weight is 302 g/mol. The first-order valence-electron chi connectivity index (χ1n) is 5.07. The van der Waals surface area contributed by atoms with Gasteiger partial charge in [0, 0.05) is 4.43 Å². The number of rotatable bonds is 4. The van der Waals surface area contributed by atoms with Gasteiger partial charge in [-0.15, -0.1) is 0 Å². The maximum absolute atomic E-state index is 5.94. The van der Waals surface area contributed by atoms with Crippen LogP contribution in [0, 0.1) is 6.92 Å². The molecule has 0 bridgehead atoms. The van der Waals surface area contributed by atoms with Gasteiger partial charge in [0.05, 0.1) is 12.2 Å². The van der Waals surface area contributed by atoms with Crippen LogP contribution in [0.3, 0.4) is 0 Å². The van der Waals surface area contributed by atoms with Crippen LogP contribution in [0.2, 0.25) is 0 Å². The van der Waals surface area contributed by atoms with Crippen molar-refractivity contribution >= 4 is 22.6 Å². The lowest BCUT2D eigenvalue weighted by atomic mass is 10.1. The number of alkyl halides is 1. The van der Waals surface area contributed by atoms with Crippen molar-refractivity contribution in [3.63, 3.8) is 0 Å². The van der Waals surface area contributed by atoms with Crippen molar-refractivity contribution in [3.8, 4) is 0 Å². The summed E-state index contributed by atoms with van der Waals surface area (Å²) in [5, 5.41) is 0. The summed E-state index contributed by atoms with van der Waals surface area (Å²) in [6.07, 6.45) is 3.33. The Hall–Kier alpha value is -0.0900. The van der Waals surface area contributed by atoms with Gasteiger partial charge in [-0.3, -0.25) is 0 Å². The van der Waals surface area contributed by atoms with Gasteiger partial charge in [-0.25, -0.2) is 0 Å². The molecular weight excluding hydrogens is 287 g/mol. The zero-order valence-corrected chi connectivity index (χ0v) is 10.5. The second-order valence-electron chi connectivity index (χ2n) is 3.89. The highest BCUT2D eigenvalue weighted by Crippen LogP contribution is 2.31. The summed E-state index contributed by atoms with van der Waals surface area (Å²) >= 11 is 2.40. The monoisotopic (exact) mass is 302 g/mol. The van der Waals surface area contributed by atoms with E-state index in [-0.39, 0.29) is 0 Å². The van der Waals surface area contributed by atoms with Crippen molar-refractivity contribution in [2.24, 2.45) is 0 Å². The SMILES string of the molecule is Cc1cccc(C(CI)OC2CC2)c1. The Bertz CT molecular complexity index is 307. The molecule has 76 valence electrons. The molecule has 2 heteroatoms. The Morgan fingerprint density at radius 1 is 1.50 bits per heavy atom. The fourth-order valence-electron chi connectivity index (χ4n) is 1.51. The topological polar surface area (TPSA) is 9.23 Å². The molecule has 1 nitrogen and oxygen atoms in total. The fraction of sp³-hybridized carbons (Fsp3) is 0.500. The first-order valence-corrected chi connectivity index (χ1v) is 6.60. The number of hydrogen-bond donors (Lipinski definition) is 0. The zero-order chi connectivity index (χ0) is 9.97. The third-order valence-electron chi connectivity index (χ3n) is 2.44. The van der Waals surface area contributed by atoms with Gasteiger partial charge in [-0.1, -0.05) is 52.4 Å². The van der Waals surface area contributed by atoms with E-state index in [9.17, 15) is 0 Å². The Kier molecular flexibility index (Phi) is 3.44. The van der Waals surface area contributed by atoms with E-state index in [0.717, 1.165) is 4.43 Å². The van der Waals surface area contributed by atoms with Crippen LogP contribution in [0.1, 0.15) is 30.1 Å². The minimum atomic E-state index is 0.294. The summed E-state index contributed by atoms with van der Waals surface area (Å²) in [7, 11) is 0. The Labute approximate surface area is 99.0 Å². The van der Waals surface area contributed by atoms with E-state index in [1.807, 2.05) is 0 Å². The summed E-state index contributed by atoms with van der Waals surface area (Å²) < 4.78 is 6.98. The van der Waals surface area contributed by atoms with Gasteiger partial charge in [0.2, 0.25) is 0 Å². The molecular formula is C12H15IO. The van der Waals surface area contributed by atoms with Crippen LogP contribution in [-0.2, 0) is 4.74 Å². The van der Waals surface area contributed by atoms with Gasteiger partial charge < -0.3 is 4.74 Å². The van der Waals surface area contributed by atoms with Crippen molar-refractivity contribution in [2.45, 2.75) is 32.0 Å². The molecule has 1 atom stereocenters. The third kappa shape index (κ3) is 2.70. The van der Waals surface area contributed by atoms with E-state index in [1.165, 1.54) is 24.0 Å². The van der Waals surface area contributed by atoms with Gasteiger partial charge in [0.25, 0.3) is 0 Å². The predicted octanol–water partition coefficient (Wildman–Crippen LogP) is 3.65. The van der Waals surface area contributed by atoms with Crippen molar-refractivity contribution in [3.05, 3.63) is 35.4 Å². The molecule has 0 spiro atoms. The fourth-order valence-corrected chi connectivity index (χ4v) is 2.23. The Morgan fingerprint density at radius 3 is 2.86 bits per heavy atom. The molecule has 0 amide bonds. The summed E-state index contributed by atoms with van der Waals surface area (Å²) in [6.45, 7) is 2.13. The Balaban J connectivity index is 2.08. The van der Waals surface area contributed by atoms with Crippen molar-refractivity contribution in [2.75, 3.05) is 4.43 Å². The van der Waals surface area contributed by atoms with E-state index < -0.39 is 0 Å². The molecule has 1 aliphatic rings. The molecule has 0 N–H and O–H groups in total. The van der Waals surface area contributed by atoms with Crippen LogP contribution >= 0.6 is 22.6 Å². The summed E-state index contributed by atoms with van der Waals surface area (Å²) in [5.41, 5.74) is 2.64. The summed E-state index contributed by atoms with van der Waals surface area (Å²) in [5.74, 6) is 0. The van der Waals surface area contributed by atoms with Crippen LogP contribution in [0.15, 0.2) is 24.3 Å². The largest absolute Gasteiger partial charge is 0.369 e. The minimum absolute atomic E-state index is 0.294. The number of ether oxygens (including phenoxy) is 1. The molecule has 0 aliphatic heterocycles. The minimum Gasteiger partial charge on any atom is -0.369 e. The van der Waals surface area contributed by atoms with Gasteiger partial charge in [-0.2, -0.15) is 0 Å². The normalized spacial score (nSPS) is 18.1. The lowest BCUT2D eigenvalue weighted by Gasteiger charge is -2.15. The van der Waals surface area contributed by atoms with Crippen LogP contribution in [0.5, 0.6) is 0 Å². The molecule has 2 rings (SSSR count). The molecule has 0 heterocycles. The maximum Gasteiger partial charge on any atom is 0.0918 e. The predicted molar refractivity (Wildman–Crippen MR) is 66.9 cm³/mol. The van der Waals surface area contributed by atoms with E-state index in [0.29, 0.717) is 12.2 Å². The van der Waals surface area contributed by atoms with Crippen molar-refractivity contribution < 1.29 is 4.74 Å². The van der Waals surface area contributed by atoms with E-state index in [1.54, 1.807) is 0 Å². The van der Waals surface area contributed by atoms with E-state index in [2.05, 4.69) is 53.8 Å². The first kappa shape index (κ1) is 10.4. The zero-order valence-electron chi connectivity index (χ0n) is 8.37. The van der Waals surface area contributed by atoms with Crippen LogP contribution in [0.4, 0.5) is 0 Å². The quantitative estimate of drug-likeness (QED) is 0.609. The maximum atomic E-state index is 5.94. The molecule has 0 radical (unpaired) electrons. The van der Waals surface area contributed by atoms with Gasteiger partial charge in [0.15, 0.2) is 0 Å². The number of hydrogen-bond acceptors (Lipinski definition) is 1. The molecule has 0 saturated heterocycles. The standard InChI is InChI=1S/C12H15IO/c1-9-3-2-4-10(7-9)12(8-13)14-11-5-6-11/h2-4,7,11-12H,5-6,8H2,1H3. The summed E-state index contributed by atoms with van der Waals surface area (Å²) in [4.78, 5) is 0. The van der Waals surface area contributed by atoms with Crippen molar-refractivity contribution in [1.82, 2.24) is 0 Å². The lowest BCUT2D eigenvalue weighted by Crippen LogP contribution is -2.07. The molecule has 0 aromatic heterocycles. The average Bonchev–Trinajstić information content (AvgIpc) is 2.98. The number of aryl methyl sites for hydroxylation is 1. The van der Waals surface area contributed by atoms with Gasteiger partial charge >= 0.3 is 0 Å². The molecule has 1 aromatic carbocycles. The molecule has 1 aromatic rings. The highest BCUT2D eigenvalue weighted by molar-refractivity contribution is 14.1. The van der Waals surface area contributed by atoms with Crippen LogP contribution in [-0.4, -0.2) is 10.5 Å². The lowest BCUT2D eigenvalue weighted by molar-refractivity contribution is 0.0570. The molecule has 14 heavy (non-hydrogen) atoms. The smallest absolute Gasteiger partial charge is 0.0918 e. The first-order chi connectivity index (χ1) is 6.79. The van der Waals surface area contributed by atoms with Gasteiger partial charge in [0.1, 0.15) is 0 Å². The van der Waals surface area contributed by atoms with Crippen LogP contribution < -0.4 is 0 Å². The Morgan fingerprint density at radius 2 is 2.29 bits per heavy atom. The molecule has 1 fully saturated rings. The van der Waals surface area contributed by atoms with E-state index in [4.69, 9.17) is 4.74 Å². The van der Waals surface area contributed by atoms with Crippen LogP contribution in [0.25, 0.3) is 0 Å². The number of benzene rings is 1.